The van der Waals surface area contributed by atoms with Crippen LogP contribution in [0, 0.1) is 10.5 Å². The van der Waals surface area contributed by atoms with Gasteiger partial charge >= 0.3 is 0 Å². The third-order valence-electron chi connectivity index (χ3n) is 3.16. The van der Waals surface area contributed by atoms with E-state index in [-0.39, 0.29) is 17.6 Å². The summed E-state index contributed by atoms with van der Waals surface area (Å²) in [4.78, 5) is 23.9. The standard InChI is InChI=1S/C17H15BrIN3O3S/c1-10-8-11(18)6-7-14(10)25-9-15(23)21-22-17(26)20-16(24)12-4-2-3-5-13(12)19/h2-8H,9H2,1H3,(H,21,23)(H2,20,22,24,26). The molecule has 0 saturated carbocycles. The van der Waals surface area contributed by atoms with Gasteiger partial charge in [-0.15, -0.1) is 0 Å². The summed E-state index contributed by atoms with van der Waals surface area (Å²) in [7, 11) is 0. The van der Waals surface area contributed by atoms with Gasteiger partial charge in [0, 0.05) is 8.04 Å². The molecule has 0 heterocycles. The van der Waals surface area contributed by atoms with Crippen molar-refractivity contribution < 1.29 is 14.3 Å². The van der Waals surface area contributed by atoms with E-state index in [9.17, 15) is 9.59 Å². The molecule has 0 radical (unpaired) electrons. The fourth-order valence-corrected chi connectivity index (χ4v) is 3.18. The largest absolute Gasteiger partial charge is 0.483 e. The highest BCUT2D eigenvalue weighted by Gasteiger charge is 2.11. The minimum atomic E-state index is -0.432. The first-order chi connectivity index (χ1) is 12.4. The molecule has 0 aromatic heterocycles. The van der Waals surface area contributed by atoms with E-state index in [4.69, 9.17) is 17.0 Å². The maximum Gasteiger partial charge on any atom is 0.276 e. The maximum absolute atomic E-state index is 12.1. The monoisotopic (exact) mass is 547 g/mol. The van der Waals surface area contributed by atoms with E-state index in [0.29, 0.717) is 11.3 Å². The first-order valence-corrected chi connectivity index (χ1v) is 9.68. The van der Waals surface area contributed by atoms with Crippen LogP contribution in [0.2, 0.25) is 0 Å². The number of rotatable bonds is 4. The van der Waals surface area contributed by atoms with Crippen molar-refractivity contribution in [3.05, 3.63) is 61.6 Å². The third kappa shape index (κ3) is 6.22. The Labute approximate surface area is 178 Å². The van der Waals surface area contributed by atoms with Crippen molar-refractivity contribution in [3.63, 3.8) is 0 Å². The van der Waals surface area contributed by atoms with Crippen molar-refractivity contribution in [2.24, 2.45) is 0 Å². The summed E-state index contributed by atoms with van der Waals surface area (Å²) >= 11 is 10.4. The maximum atomic E-state index is 12.1. The first-order valence-electron chi connectivity index (χ1n) is 7.40. The van der Waals surface area contributed by atoms with E-state index in [1.54, 1.807) is 18.2 Å². The number of hydrogen-bond acceptors (Lipinski definition) is 4. The summed E-state index contributed by atoms with van der Waals surface area (Å²) < 4.78 is 7.18. The molecule has 0 aliphatic carbocycles. The number of carbonyl (C=O) groups is 2. The van der Waals surface area contributed by atoms with Crippen LogP contribution >= 0.6 is 50.7 Å². The molecule has 26 heavy (non-hydrogen) atoms. The van der Waals surface area contributed by atoms with Crippen LogP contribution in [0.3, 0.4) is 0 Å². The van der Waals surface area contributed by atoms with Crippen LogP contribution in [0.5, 0.6) is 5.75 Å². The minimum Gasteiger partial charge on any atom is -0.483 e. The lowest BCUT2D eigenvalue weighted by atomic mass is 10.2. The Morgan fingerprint density at radius 2 is 1.92 bits per heavy atom. The van der Waals surface area contributed by atoms with Crippen LogP contribution in [0.15, 0.2) is 46.9 Å². The van der Waals surface area contributed by atoms with Gasteiger partial charge in [-0.2, -0.15) is 0 Å². The molecule has 0 atom stereocenters. The zero-order valence-electron chi connectivity index (χ0n) is 13.6. The Morgan fingerprint density at radius 1 is 1.19 bits per heavy atom. The van der Waals surface area contributed by atoms with Gasteiger partial charge in [-0.05, 0) is 77.6 Å². The topological polar surface area (TPSA) is 79.5 Å². The van der Waals surface area contributed by atoms with E-state index >= 15 is 0 Å². The first kappa shape index (κ1) is 20.6. The molecule has 9 heteroatoms. The van der Waals surface area contributed by atoms with Gasteiger partial charge in [-0.25, -0.2) is 0 Å². The quantitative estimate of drug-likeness (QED) is 0.311. The molecular formula is C17H15BrIN3O3S. The third-order valence-corrected chi connectivity index (χ3v) is 4.79. The van der Waals surface area contributed by atoms with Crippen molar-refractivity contribution in [2.75, 3.05) is 6.61 Å². The zero-order valence-corrected chi connectivity index (χ0v) is 18.2. The fraction of sp³-hybridized carbons (Fsp3) is 0.118. The summed E-state index contributed by atoms with van der Waals surface area (Å²) in [6, 6.07) is 12.6. The number of benzene rings is 2. The van der Waals surface area contributed by atoms with Gasteiger partial charge in [0.05, 0.1) is 5.56 Å². The van der Waals surface area contributed by atoms with E-state index in [1.807, 2.05) is 31.2 Å². The number of nitrogens with one attached hydrogen (secondary N) is 3. The average Bonchev–Trinajstić information content (AvgIpc) is 2.59. The highest BCUT2D eigenvalue weighted by molar-refractivity contribution is 14.1. The Bertz CT molecular complexity index is 848. The summed E-state index contributed by atoms with van der Waals surface area (Å²) in [5, 5.41) is 2.49. The van der Waals surface area contributed by atoms with Crippen LogP contribution in [0.25, 0.3) is 0 Å². The Kier molecular flexibility index (Phi) is 7.79. The molecule has 2 aromatic rings. The molecule has 0 spiro atoms. The fourth-order valence-electron chi connectivity index (χ4n) is 1.93. The second-order valence-electron chi connectivity index (χ2n) is 5.13. The number of hydrazine groups is 1. The van der Waals surface area contributed by atoms with E-state index in [1.165, 1.54) is 0 Å². The smallest absolute Gasteiger partial charge is 0.276 e. The van der Waals surface area contributed by atoms with Crippen molar-refractivity contribution in [3.8, 4) is 5.75 Å². The van der Waals surface area contributed by atoms with Crippen LogP contribution in [-0.2, 0) is 4.79 Å². The Morgan fingerprint density at radius 3 is 2.62 bits per heavy atom. The Balaban J connectivity index is 1.77. The van der Waals surface area contributed by atoms with Gasteiger partial charge in [-0.1, -0.05) is 28.1 Å². The van der Waals surface area contributed by atoms with Gasteiger partial charge in [-0.3, -0.25) is 25.8 Å². The van der Waals surface area contributed by atoms with Gasteiger partial charge < -0.3 is 4.74 Å². The number of aryl methyl sites for hydroxylation is 1. The predicted molar refractivity (Wildman–Crippen MR) is 115 cm³/mol. The molecule has 0 unspecified atom stereocenters. The number of amides is 2. The molecule has 2 amide bonds. The summed E-state index contributed by atoms with van der Waals surface area (Å²) in [5.74, 6) is -0.181. The average molecular weight is 548 g/mol. The molecule has 2 rings (SSSR count). The highest BCUT2D eigenvalue weighted by atomic mass is 127. The summed E-state index contributed by atoms with van der Waals surface area (Å²) in [6.45, 7) is 1.69. The van der Waals surface area contributed by atoms with Gasteiger partial charge in [0.2, 0.25) is 0 Å². The normalized spacial score (nSPS) is 9.96. The number of ether oxygens (including phenoxy) is 1. The molecule has 0 fully saturated rings. The number of halogens is 2. The van der Waals surface area contributed by atoms with Crippen molar-refractivity contribution >= 4 is 67.7 Å². The number of hydrogen-bond donors (Lipinski definition) is 3. The van der Waals surface area contributed by atoms with Crippen molar-refractivity contribution in [1.29, 1.82) is 0 Å². The van der Waals surface area contributed by atoms with Gasteiger partial charge in [0.1, 0.15) is 5.75 Å². The predicted octanol–water partition coefficient (Wildman–Crippen LogP) is 3.08. The van der Waals surface area contributed by atoms with Crippen molar-refractivity contribution in [2.45, 2.75) is 6.92 Å². The summed E-state index contributed by atoms with van der Waals surface area (Å²) in [6.07, 6.45) is 0. The highest BCUT2D eigenvalue weighted by Crippen LogP contribution is 2.21. The van der Waals surface area contributed by atoms with Crippen molar-refractivity contribution in [1.82, 2.24) is 16.2 Å². The number of thiocarbonyl (C=S) groups is 1. The molecule has 136 valence electrons. The molecule has 0 aliphatic heterocycles. The van der Waals surface area contributed by atoms with Crippen LogP contribution < -0.4 is 20.9 Å². The Hall–Kier alpha value is -1.72. The number of carbonyl (C=O) groups excluding carboxylic acids is 2. The molecule has 2 aromatic carbocycles. The van der Waals surface area contributed by atoms with Crippen LogP contribution in [0.1, 0.15) is 15.9 Å². The van der Waals surface area contributed by atoms with Gasteiger partial charge in [0.15, 0.2) is 11.7 Å². The molecule has 3 N–H and O–H groups in total. The zero-order chi connectivity index (χ0) is 19.1. The van der Waals surface area contributed by atoms with E-state index < -0.39 is 5.91 Å². The molecule has 0 saturated heterocycles. The van der Waals surface area contributed by atoms with E-state index in [2.05, 4.69) is 54.7 Å². The molecule has 0 bridgehead atoms. The lowest BCUT2D eigenvalue weighted by molar-refractivity contribution is -0.123. The van der Waals surface area contributed by atoms with Crippen LogP contribution in [0.4, 0.5) is 0 Å². The summed E-state index contributed by atoms with van der Waals surface area (Å²) in [5.41, 5.74) is 6.25. The molecule has 6 nitrogen and oxygen atoms in total. The molecule has 0 aliphatic rings. The van der Waals surface area contributed by atoms with E-state index in [0.717, 1.165) is 13.6 Å². The lowest BCUT2D eigenvalue weighted by Crippen LogP contribution is -2.49. The lowest BCUT2D eigenvalue weighted by Gasteiger charge is -2.12. The van der Waals surface area contributed by atoms with Crippen LogP contribution in [-0.4, -0.2) is 23.5 Å². The van der Waals surface area contributed by atoms with Gasteiger partial charge in [0.25, 0.3) is 11.8 Å². The minimum absolute atomic E-state index is 0.0113. The molecular weight excluding hydrogens is 533 g/mol. The SMILES string of the molecule is Cc1cc(Br)ccc1OCC(=O)NNC(=S)NC(=O)c1ccccc1I. The second kappa shape index (κ2) is 9.83. The second-order valence-corrected chi connectivity index (χ2v) is 7.62.